The van der Waals surface area contributed by atoms with Crippen molar-refractivity contribution >= 4 is 19.1 Å². The van der Waals surface area contributed by atoms with Crippen LogP contribution < -0.4 is 0 Å². The van der Waals surface area contributed by atoms with E-state index in [1.165, 1.54) is 4.90 Å². The molecule has 1 saturated heterocycles. The van der Waals surface area contributed by atoms with Gasteiger partial charge in [0.1, 0.15) is 0 Å². The maximum atomic E-state index is 11.5. The number of hydrogen-bond donors (Lipinski definition) is 1. The third-order valence-corrected chi connectivity index (χ3v) is 2.79. The Morgan fingerprint density at radius 3 is 2.48 bits per heavy atom. The summed E-state index contributed by atoms with van der Waals surface area (Å²) in [5.41, 5.74) is 1.24. The van der Waals surface area contributed by atoms with Crippen molar-refractivity contribution in [2.24, 2.45) is 0 Å². The first kappa shape index (κ1) is 15.1. The molecule has 0 amide bonds. The second-order valence-electron chi connectivity index (χ2n) is 4.57. The van der Waals surface area contributed by atoms with Crippen LogP contribution in [-0.2, 0) is 25.5 Å². The average molecular weight is 287 g/mol. The van der Waals surface area contributed by atoms with Gasteiger partial charge in [0, 0.05) is 5.56 Å². The van der Waals surface area contributed by atoms with Gasteiger partial charge in [-0.15, -0.1) is 0 Å². The molecule has 0 unspecified atom stereocenters. The van der Waals surface area contributed by atoms with Crippen molar-refractivity contribution in [3.05, 3.63) is 35.4 Å². The highest BCUT2D eigenvalue weighted by Gasteiger charge is 2.30. The highest BCUT2D eigenvalue weighted by atomic mass is 16.6. The standard InChI is InChI=1S/C14H14BNO5/c1-16-8-13(18)20-15(21-14(19)9-16)7-6-11-4-2-3-5-12(11)10-17/h2-5,17H,8-10H2,1H3. The average Bonchev–Trinajstić information content (AvgIpc) is 2.43. The first-order valence-electron chi connectivity index (χ1n) is 6.36. The van der Waals surface area contributed by atoms with Gasteiger partial charge in [-0.05, 0) is 24.5 Å². The second-order valence-corrected chi connectivity index (χ2v) is 4.57. The number of rotatable bonds is 1. The van der Waals surface area contributed by atoms with Crippen LogP contribution in [0.4, 0.5) is 0 Å². The molecular weight excluding hydrogens is 273 g/mol. The molecule has 0 saturated carbocycles. The monoisotopic (exact) mass is 287 g/mol. The Morgan fingerprint density at radius 1 is 1.24 bits per heavy atom. The lowest BCUT2D eigenvalue weighted by Crippen LogP contribution is -2.42. The van der Waals surface area contributed by atoms with Crippen molar-refractivity contribution in [3.63, 3.8) is 0 Å². The molecule has 0 atom stereocenters. The van der Waals surface area contributed by atoms with Gasteiger partial charge in [0.25, 0.3) is 0 Å². The van der Waals surface area contributed by atoms with Crippen molar-refractivity contribution in [1.29, 1.82) is 0 Å². The predicted octanol–water partition coefficient (Wildman–Crippen LogP) is -0.410. The Balaban J connectivity index is 2.16. The molecule has 1 heterocycles. The summed E-state index contributed by atoms with van der Waals surface area (Å²) in [6.07, 6.45) is 0. The van der Waals surface area contributed by atoms with Crippen molar-refractivity contribution in [3.8, 4) is 11.7 Å². The van der Waals surface area contributed by atoms with Crippen LogP contribution in [0.1, 0.15) is 11.1 Å². The van der Waals surface area contributed by atoms with E-state index in [1.54, 1.807) is 31.3 Å². The smallest absolute Gasteiger partial charge is 0.487 e. The Bertz CT molecular complexity index is 587. The number of carbonyl (C=O) groups excluding carboxylic acids is 2. The molecule has 0 spiro atoms. The van der Waals surface area contributed by atoms with Crippen LogP contribution in [0.2, 0.25) is 0 Å². The van der Waals surface area contributed by atoms with Crippen LogP contribution >= 0.6 is 0 Å². The summed E-state index contributed by atoms with van der Waals surface area (Å²) in [4.78, 5) is 24.6. The summed E-state index contributed by atoms with van der Waals surface area (Å²) in [7, 11) is 0.386. The number of carbonyl (C=O) groups is 2. The molecule has 21 heavy (non-hydrogen) atoms. The fourth-order valence-corrected chi connectivity index (χ4v) is 1.81. The summed E-state index contributed by atoms with van der Waals surface area (Å²) >= 11 is 0. The number of hydrogen-bond acceptors (Lipinski definition) is 6. The number of benzene rings is 1. The van der Waals surface area contributed by atoms with Gasteiger partial charge in [-0.25, -0.2) is 0 Å². The number of likely N-dealkylation sites (N-methyl/N-ethyl adjacent to an activating group) is 1. The van der Waals surface area contributed by atoms with E-state index in [0.29, 0.717) is 11.1 Å². The number of aliphatic hydroxyl groups is 1. The van der Waals surface area contributed by atoms with E-state index in [9.17, 15) is 14.7 Å². The van der Waals surface area contributed by atoms with Gasteiger partial charge in [-0.2, -0.15) is 0 Å². The van der Waals surface area contributed by atoms with E-state index in [-0.39, 0.29) is 19.7 Å². The molecule has 7 heteroatoms. The van der Waals surface area contributed by atoms with Gasteiger partial charge in [0.05, 0.1) is 19.7 Å². The van der Waals surface area contributed by atoms with Gasteiger partial charge < -0.3 is 14.4 Å². The molecule has 0 aliphatic carbocycles. The predicted molar refractivity (Wildman–Crippen MR) is 74.7 cm³/mol. The lowest BCUT2D eigenvalue weighted by Gasteiger charge is -2.20. The van der Waals surface area contributed by atoms with Gasteiger partial charge in [0.2, 0.25) is 0 Å². The van der Waals surface area contributed by atoms with Gasteiger partial charge in [-0.3, -0.25) is 14.5 Å². The van der Waals surface area contributed by atoms with Crippen LogP contribution in [0.15, 0.2) is 24.3 Å². The molecule has 1 aliphatic heterocycles. The summed E-state index contributed by atoms with van der Waals surface area (Å²) in [5, 5.41) is 9.21. The van der Waals surface area contributed by atoms with Crippen molar-refractivity contribution < 1.29 is 24.0 Å². The molecule has 0 radical (unpaired) electrons. The maximum Gasteiger partial charge on any atom is 0.694 e. The molecule has 1 aliphatic rings. The fraction of sp³-hybridized carbons (Fsp3) is 0.286. The molecule has 0 bridgehead atoms. The van der Waals surface area contributed by atoms with E-state index < -0.39 is 19.1 Å². The normalized spacial score (nSPS) is 16.2. The third kappa shape index (κ3) is 4.34. The molecular formula is C14H14BNO5. The highest BCUT2D eigenvalue weighted by molar-refractivity contribution is 6.58. The molecule has 1 aromatic carbocycles. The Hall–Kier alpha value is -2.30. The zero-order valence-corrected chi connectivity index (χ0v) is 11.5. The van der Waals surface area contributed by atoms with E-state index >= 15 is 0 Å². The minimum absolute atomic E-state index is 0.000503. The first-order chi connectivity index (χ1) is 10.1. The lowest BCUT2D eigenvalue weighted by molar-refractivity contribution is -0.145. The lowest BCUT2D eigenvalue weighted by atomic mass is 9.90. The van der Waals surface area contributed by atoms with E-state index in [1.807, 2.05) is 0 Å². The minimum atomic E-state index is -1.23. The van der Waals surface area contributed by atoms with Crippen molar-refractivity contribution in [1.82, 2.24) is 4.90 Å². The summed E-state index contributed by atoms with van der Waals surface area (Å²) in [6.45, 7) is -0.152. The Kier molecular flexibility index (Phi) is 4.98. The Labute approximate surface area is 122 Å². The molecule has 0 aromatic heterocycles. The van der Waals surface area contributed by atoms with Gasteiger partial charge >= 0.3 is 19.1 Å². The number of aliphatic hydroxyl groups excluding tert-OH is 1. The van der Waals surface area contributed by atoms with Crippen LogP contribution in [0.5, 0.6) is 0 Å². The van der Waals surface area contributed by atoms with Crippen molar-refractivity contribution in [2.75, 3.05) is 20.1 Å². The summed E-state index contributed by atoms with van der Waals surface area (Å²) in [5.74, 6) is 4.32. The van der Waals surface area contributed by atoms with Crippen molar-refractivity contribution in [2.45, 2.75) is 6.61 Å². The molecule has 6 nitrogen and oxygen atoms in total. The third-order valence-electron chi connectivity index (χ3n) is 2.79. The zero-order chi connectivity index (χ0) is 15.2. The van der Waals surface area contributed by atoms with Gasteiger partial charge in [0.15, 0.2) is 0 Å². The van der Waals surface area contributed by atoms with E-state index in [0.717, 1.165) is 0 Å². The fourth-order valence-electron chi connectivity index (χ4n) is 1.81. The largest absolute Gasteiger partial charge is 0.694 e. The van der Waals surface area contributed by atoms with E-state index in [4.69, 9.17) is 9.31 Å². The minimum Gasteiger partial charge on any atom is -0.487 e. The quantitative estimate of drug-likeness (QED) is 0.559. The van der Waals surface area contributed by atoms with Crippen LogP contribution in [-0.4, -0.2) is 49.2 Å². The van der Waals surface area contributed by atoms with Crippen LogP contribution in [0.25, 0.3) is 0 Å². The molecule has 1 aromatic rings. The molecule has 2 rings (SSSR count). The second kappa shape index (κ2) is 6.93. The molecule has 1 N–H and O–H groups in total. The zero-order valence-electron chi connectivity index (χ0n) is 11.5. The summed E-state index contributed by atoms with van der Waals surface area (Å²) < 4.78 is 9.94. The Morgan fingerprint density at radius 2 is 1.86 bits per heavy atom. The van der Waals surface area contributed by atoms with E-state index in [2.05, 4.69) is 11.7 Å². The van der Waals surface area contributed by atoms with Crippen LogP contribution in [0.3, 0.4) is 0 Å². The first-order valence-corrected chi connectivity index (χ1v) is 6.36. The van der Waals surface area contributed by atoms with Crippen LogP contribution in [0, 0.1) is 11.7 Å². The SMILES string of the molecule is CN1CC(=O)OB(C#Cc2ccccc2CO)OC(=O)C1. The van der Waals surface area contributed by atoms with Gasteiger partial charge in [-0.1, -0.05) is 24.1 Å². The molecule has 1 fully saturated rings. The topological polar surface area (TPSA) is 76.1 Å². The summed E-state index contributed by atoms with van der Waals surface area (Å²) in [6, 6.07) is 7.00. The number of nitrogens with zero attached hydrogens (tertiary/aromatic N) is 1. The maximum absolute atomic E-state index is 11.5. The highest BCUT2D eigenvalue weighted by Crippen LogP contribution is 2.07. The molecule has 108 valence electrons.